The molecule has 2 amide bonds. The Hall–Kier alpha value is -4.53. The Morgan fingerprint density at radius 2 is 1.70 bits per heavy atom. The van der Waals surface area contributed by atoms with Gasteiger partial charge in [-0.2, -0.15) is 0 Å². The molecule has 2 N–H and O–H groups in total. The van der Waals surface area contributed by atoms with E-state index < -0.39 is 21.5 Å². The molecule has 4 aromatic rings. The number of anilines is 3. The Bertz CT molecular complexity index is 1940. The molecule has 15 heteroatoms. The number of benzene rings is 1. The summed E-state index contributed by atoms with van der Waals surface area (Å²) in [5, 5.41) is 3.45. The molecule has 6 rings (SSSR count). The summed E-state index contributed by atoms with van der Waals surface area (Å²) in [7, 11) is -3.66. The van der Waals surface area contributed by atoms with Crippen LogP contribution in [0.1, 0.15) is 68.2 Å². The van der Waals surface area contributed by atoms with E-state index in [1.54, 1.807) is 12.3 Å². The first kappa shape index (κ1) is 31.5. The molecular formula is C31H39N9O5S. The van der Waals surface area contributed by atoms with Crippen molar-refractivity contribution in [2.75, 3.05) is 34.3 Å². The summed E-state index contributed by atoms with van der Waals surface area (Å²) in [6.45, 7) is 10.7. The number of carbonyl (C=O) groups excluding carboxylic acids is 2. The van der Waals surface area contributed by atoms with Gasteiger partial charge in [-0.25, -0.2) is 28.2 Å². The number of amides is 2. The maximum absolute atomic E-state index is 13.7. The Balaban J connectivity index is 1.28. The van der Waals surface area contributed by atoms with Crippen LogP contribution in [0, 0.1) is 13.8 Å². The normalized spacial score (nSPS) is 16.1. The van der Waals surface area contributed by atoms with E-state index in [-0.39, 0.29) is 29.7 Å². The van der Waals surface area contributed by atoms with Crippen molar-refractivity contribution in [2.24, 2.45) is 0 Å². The van der Waals surface area contributed by atoms with Crippen LogP contribution in [0.15, 0.2) is 30.7 Å². The highest BCUT2D eigenvalue weighted by Crippen LogP contribution is 2.36. The molecule has 0 atom stereocenters. The molecule has 0 radical (unpaired) electrons. The first-order valence-corrected chi connectivity index (χ1v) is 17.2. The number of aromatic nitrogens is 5. The van der Waals surface area contributed by atoms with Gasteiger partial charge in [0, 0.05) is 48.6 Å². The molecule has 4 heterocycles. The Morgan fingerprint density at radius 1 is 1.00 bits per heavy atom. The lowest BCUT2D eigenvalue weighted by atomic mass is 10.0. The number of ether oxygens (including phenoxy) is 1. The molecule has 0 unspecified atom stereocenters. The molecule has 14 nitrogen and oxygen atoms in total. The highest BCUT2D eigenvalue weighted by atomic mass is 32.2. The molecule has 2 fully saturated rings. The molecule has 3 aromatic heterocycles. The second-order valence-corrected chi connectivity index (χ2v) is 14.8. The molecule has 1 saturated carbocycles. The molecule has 244 valence electrons. The summed E-state index contributed by atoms with van der Waals surface area (Å²) in [6, 6.07) is 3.82. The molecule has 1 aromatic carbocycles. The van der Waals surface area contributed by atoms with Crippen LogP contribution in [0.4, 0.5) is 22.2 Å². The van der Waals surface area contributed by atoms with Crippen LogP contribution in [0.2, 0.25) is 0 Å². The molecule has 1 aliphatic carbocycles. The van der Waals surface area contributed by atoms with E-state index in [0.29, 0.717) is 35.5 Å². The van der Waals surface area contributed by atoms with Crippen LogP contribution in [-0.4, -0.2) is 86.7 Å². The molecule has 46 heavy (non-hydrogen) atoms. The van der Waals surface area contributed by atoms with E-state index in [1.807, 2.05) is 56.2 Å². The number of hydrogen-bond acceptors (Lipinski definition) is 10. The summed E-state index contributed by atoms with van der Waals surface area (Å²) in [6.07, 6.45) is 9.29. The number of nitrogens with zero attached hydrogens (tertiary/aromatic N) is 7. The van der Waals surface area contributed by atoms with Gasteiger partial charge in [0.1, 0.15) is 5.60 Å². The van der Waals surface area contributed by atoms with Crippen LogP contribution in [0.3, 0.4) is 0 Å². The van der Waals surface area contributed by atoms with Crippen molar-refractivity contribution >= 4 is 56.0 Å². The zero-order valence-electron chi connectivity index (χ0n) is 26.9. The summed E-state index contributed by atoms with van der Waals surface area (Å²) in [5.41, 5.74) is 2.95. The fourth-order valence-corrected chi connectivity index (χ4v) is 6.41. The van der Waals surface area contributed by atoms with Gasteiger partial charge < -0.3 is 24.3 Å². The van der Waals surface area contributed by atoms with Crippen LogP contribution < -0.4 is 14.9 Å². The lowest BCUT2D eigenvalue weighted by Gasteiger charge is -2.40. The van der Waals surface area contributed by atoms with Gasteiger partial charge in [0.05, 0.1) is 34.9 Å². The van der Waals surface area contributed by atoms with E-state index in [0.717, 1.165) is 49.0 Å². The van der Waals surface area contributed by atoms with E-state index in [9.17, 15) is 18.0 Å². The van der Waals surface area contributed by atoms with Gasteiger partial charge in [-0.3, -0.25) is 14.5 Å². The number of sulfonamides is 1. The lowest BCUT2D eigenvalue weighted by Crippen LogP contribution is -2.50. The highest BCUT2D eigenvalue weighted by Gasteiger charge is 2.41. The van der Waals surface area contributed by atoms with E-state index >= 15 is 0 Å². The number of aryl methyl sites for hydroxylation is 2. The minimum absolute atomic E-state index is 0.0600. The van der Waals surface area contributed by atoms with Crippen molar-refractivity contribution in [3.63, 3.8) is 0 Å². The van der Waals surface area contributed by atoms with Gasteiger partial charge in [0.25, 0.3) is 5.91 Å². The molecular weight excluding hydrogens is 610 g/mol. The average molecular weight is 650 g/mol. The smallest absolute Gasteiger partial charge is 0.410 e. The Morgan fingerprint density at radius 3 is 2.35 bits per heavy atom. The fourth-order valence-electron chi connectivity index (χ4n) is 5.98. The molecule has 0 bridgehead atoms. The number of carbonyl (C=O) groups is 2. The zero-order valence-corrected chi connectivity index (χ0v) is 27.7. The van der Waals surface area contributed by atoms with E-state index in [4.69, 9.17) is 4.74 Å². The molecule has 2 aliphatic rings. The van der Waals surface area contributed by atoms with Crippen LogP contribution in [0.25, 0.3) is 16.6 Å². The Kier molecular flexibility index (Phi) is 7.99. The third-order valence-corrected chi connectivity index (χ3v) is 8.51. The number of nitrogens with one attached hydrogen (secondary N) is 2. The highest BCUT2D eigenvalue weighted by molar-refractivity contribution is 7.92. The standard InChI is InChI=1S/C31H39N9O5S/c1-18-16-39-17-25(34-27(39)19(2)33-18)35-28(41)22-9-10-24(23-15-32-29(36-26(22)23)37-46(6,43)44)38-13-11-21(12-14-38)40(20-7-8-20)30(42)45-31(3,4)5/h9-10,15-17,20-21H,7-8,11-14H2,1-6H3,(H,35,41)(H,32,36,37). The predicted molar refractivity (Wildman–Crippen MR) is 175 cm³/mol. The summed E-state index contributed by atoms with van der Waals surface area (Å²) >= 11 is 0. The first-order valence-electron chi connectivity index (χ1n) is 15.3. The van der Waals surface area contributed by atoms with Crippen LogP contribution in [-0.2, 0) is 14.8 Å². The minimum Gasteiger partial charge on any atom is -0.444 e. The summed E-state index contributed by atoms with van der Waals surface area (Å²) in [5.74, 6) is -0.252. The van der Waals surface area contributed by atoms with Gasteiger partial charge in [0.15, 0.2) is 11.5 Å². The summed E-state index contributed by atoms with van der Waals surface area (Å²) in [4.78, 5) is 48.6. The third-order valence-electron chi connectivity index (χ3n) is 7.96. The SMILES string of the molecule is Cc1cn2cc(NC(=O)c3ccc(N4CCC(N(C(=O)OC(C)(C)C)C5CC5)CC4)c4cnc(NS(C)(=O)=O)nc34)nc2c(C)n1. The van der Waals surface area contributed by atoms with Gasteiger partial charge in [-0.1, -0.05) is 0 Å². The van der Waals surface area contributed by atoms with E-state index in [2.05, 4.69) is 34.9 Å². The van der Waals surface area contributed by atoms with Gasteiger partial charge in [-0.05, 0) is 72.4 Å². The van der Waals surface area contributed by atoms with Gasteiger partial charge >= 0.3 is 6.09 Å². The van der Waals surface area contributed by atoms with Gasteiger partial charge in [0.2, 0.25) is 16.0 Å². The van der Waals surface area contributed by atoms with Crippen molar-refractivity contribution in [1.29, 1.82) is 0 Å². The largest absolute Gasteiger partial charge is 0.444 e. The lowest BCUT2D eigenvalue weighted by molar-refractivity contribution is 0.0113. The van der Waals surface area contributed by atoms with Crippen molar-refractivity contribution in [3.8, 4) is 0 Å². The number of rotatable bonds is 7. The minimum atomic E-state index is -3.66. The number of piperidine rings is 1. The topological polar surface area (TPSA) is 164 Å². The maximum Gasteiger partial charge on any atom is 0.410 e. The van der Waals surface area contributed by atoms with Crippen LogP contribution >= 0.6 is 0 Å². The molecule has 1 saturated heterocycles. The monoisotopic (exact) mass is 649 g/mol. The third kappa shape index (κ3) is 6.83. The fraction of sp³-hybridized carbons (Fsp3) is 0.484. The second kappa shape index (κ2) is 11.7. The van der Waals surface area contributed by atoms with E-state index in [1.165, 1.54) is 6.20 Å². The average Bonchev–Trinajstić information content (AvgIpc) is 3.69. The molecule has 1 aliphatic heterocycles. The number of fused-ring (bicyclic) bond motifs is 2. The van der Waals surface area contributed by atoms with Crippen molar-refractivity contribution in [3.05, 3.63) is 47.7 Å². The maximum atomic E-state index is 13.7. The number of hydrogen-bond donors (Lipinski definition) is 2. The van der Waals surface area contributed by atoms with Crippen molar-refractivity contribution in [2.45, 2.75) is 78.0 Å². The molecule has 0 spiro atoms. The van der Waals surface area contributed by atoms with Crippen LogP contribution in [0.5, 0.6) is 0 Å². The summed E-state index contributed by atoms with van der Waals surface area (Å²) < 4.78 is 33.8. The second-order valence-electron chi connectivity index (χ2n) is 13.1. The first-order chi connectivity index (χ1) is 21.6. The predicted octanol–water partition coefficient (Wildman–Crippen LogP) is 4.28. The quantitative estimate of drug-likeness (QED) is 0.295. The zero-order chi connectivity index (χ0) is 33.0. The number of imidazole rings is 1. The Labute approximate surface area is 267 Å². The van der Waals surface area contributed by atoms with Gasteiger partial charge in [-0.15, -0.1) is 0 Å². The van der Waals surface area contributed by atoms with Crippen molar-refractivity contribution in [1.82, 2.24) is 29.2 Å². The van der Waals surface area contributed by atoms with Crippen molar-refractivity contribution < 1.29 is 22.7 Å².